The van der Waals surface area contributed by atoms with E-state index in [2.05, 4.69) is 4.74 Å². The number of hydrogen-bond acceptors (Lipinski definition) is 4. The van der Waals surface area contributed by atoms with Gasteiger partial charge in [0.15, 0.2) is 5.78 Å². The van der Waals surface area contributed by atoms with Crippen molar-refractivity contribution < 1.29 is 14.3 Å². The van der Waals surface area contributed by atoms with Crippen molar-refractivity contribution >= 4 is 11.8 Å². The van der Waals surface area contributed by atoms with Crippen LogP contribution in [0.15, 0.2) is 12.3 Å². The zero-order valence-corrected chi connectivity index (χ0v) is 5.66. The first-order chi connectivity index (χ1) is 4.70. The Hall–Kier alpha value is -1.32. The molecule has 0 atom stereocenters. The number of hydrogen-bond donors (Lipinski definition) is 1. The van der Waals surface area contributed by atoms with Crippen molar-refractivity contribution in [2.24, 2.45) is 5.73 Å². The summed E-state index contributed by atoms with van der Waals surface area (Å²) in [5.74, 6) is -0.905. The lowest BCUT2D eigenvalue weighted by Crippen LogP contribution is -2.06. The highest BCUT2D eigenvalue weighted by Crippen LogP contribution is 1.86. The van der Waals surface area contributed by atoms with Gasteiger partial charge < -0.3 is 10.5 Å². The number of allylic oxidation sites excluding steroid dienone is 1. The molecular weight excluding hydrogens is 134 g/mol. The topological polar surface area (TPSA) is 69.4 Å². The summed E-state index contributed by atoms with van der Waals surface area (Å²) in [7, 11) is 1.22. The fourth-order valence-electron chi connectivity index (χ4n) is 0.381. The molecule has 0 fully saturated rings. The second kappa shape index (κ2) is 4.55. The van der Waals surface area contributed by atoms with Crippen LogP contribution in [0.5, 0.6) is 0 Å². The third kappa shape index (κ3) is 3.65. The van der Waals surface area contributed by atoms with Crippen LogP contribution < -0.4 is 5.73 Å². The van der Waals surface area contributed by atoms with Crippen molar-refractivity contribution in [3.8, 4) is 0 Å². The number of nitrogens with two attached hydrogens (primary N) is 1. The lowest BCUT2D eigenvalue weighted by Gasteiger charge is -1.92. The highest BCUT2D eigenvalue weighted by Gasteiger charge is 2.04. The third-order valence-electron chi connectivity index (χ3n) is 0.828. The summed E-state index contributed by atoms with van der Waals surface area (Å²) in [6.45, 7) is 0. The largest absolute Gasteiger partial charge is 0.469 e. The lowest BCUT2D eigenvalue weighted by molar-refractivity contribution is -0.142. The Morgan fingerprint density at radius 1 is 1.60 bits per heavy atom. The van der Waals surface area contributed by atoms with Crippen LogP contribution in [0.1, 0.15) is 6.42 Å². The van der Waals surface area contributed by atoms with Crippen LogP contribution in [0.4, 0.5) is 0 Å². The normalized spacial score (nSPS) is 9.70. The summed E-state index contributed by atoms with van der Waals surface area (Å²) in [6.07, 6.45) is 1.96. The Labute approximate surface area is 58.7 Å². The Morgan fingerprint density at radius 2 is 2.20 bits per heavy atom. The lowest BCUT2D eigenvalue weighted by atomic mass is 10.3. The predicted molar refractivity (Wildman–Crippen MR) is 35.0 cm³/mol. The molecule has 0 aliphatic heterocycles. The smallest absolute Gasteiger partial charge is 0.313 e. The van der Waals surface area contributed by atoms with Crippen molar-refractivity contribution in [1.29, 1.82) is 0 Å². The van der Waals surface area contributed by atoms with E-state index in [1.165, 1.54) is 7.11 Å². The molecular formula is C6H9NO3. The summed E-state index contributed by atoms with van der Waals surface area (Å²) in [5.41, 5.74) is 4.89. The molecule has 0 unspecified atom stereocenters. The van der Waals surface area contributed by atoms with Gasteiger partial charge in [0.1, 0.15) is 6.42 Å². The first-order valence-electron chi connectivity index (χ1n) is 2.68. The quantitative estimate of drug-likeness (QED) is 0.331. The van der Waals surface area contributed by atoms with Crippen molar-refractivity contribution in [1.82, 2.24) is 0 Å². The number of ether oxygens (including phenoxy) is 1. The number of esters is 1. The maximum atomic E-state index is 10.5. The molecule has 0 heterocycles. The molecule has 0 bridgehead atoms. The summed E-state index contributed by atoms with van der Waals surface area (Å²) in [4.78, 5) is 20.9. The number of rotatable bonds is 3. The number of methoxy groups -OCH3 is 1. The zero-order chi connectivity index (χ0) is 7.98. The van der Waals surface area contributed by atoms with Crippen molar-refractivity contribution in [2.45, 2.75) is 6.42 Å². The highest BCUT2D eigenvalue weighted by atomic mass is 16.5. The average Bonchev–Trinajstić information content (AvgIpc) is 1.88. The van der Waals surface area contributed by atoms with Gasteiger partial charge in [0.25, 0.3) is 0 Å². The van der Waals surface area contributed by atoms with Crippen LogP contribution in [0.3, 0.4) is 0 Å². The van der Waals surface area contributed by atoms with Crippen LogP contribution in [0.2, 0.25) is 0 Å². The molecule has 0 spiro atoms. The van der Waals surface area contributed by atoms with E-state index in [0.29, 0.717) is 0 Å². The Balaban J connectivity index is 3.68. The Bertz CT molecular complexity index is 162. The van der Waals surface area contributed by atoms with Gasteiger partial charge in [-0.15, -0.1) is 0 Å². The molecule has 0 saturated heterocycles. The van der Waals surface area contributed by atoms with Crippen molar-refractivity contribution in [3.63, 3.8) is 0 Å². The molecule has 4 heteroatoms. The average molecular weight is 143 g/mol. The maximum Gasteiger partial charge on any atom is 0.313 e. The van der Waals surface area contributed by atoms with Crippen molar-refractivity contribution in [3.05, 3.63) is 12.3 Å². The fourth-order valence-corrected chi connectivity index (χ4v) is 0.381. The van der Waals surface area contributed by atoms with Crippen molar-refractivity contribution in [2.75, 3.05) is 7.11 Å². The van der Waals surface area contributed by atoms with Gasteiger partial charge in [-0.3, -0.25) is 9.59 Å². The summed E-state index contributed by atoms with van der Waals surface area (Å²) < 4.78 is 4.23. The van der Waals surface area contributed by atoms with E-state index in [4.69, 9.17) is 5.73 Å². The molecule has 4 nitrogen and oxygen atoms in total. The minimum atomic E-state index is -0.553. The SMILES string of the molecule is COC(=O)CC(=O)/C=C\N. The summed E-state index contributed by atoms with van der Waals surface area (Å²) in [5, 5.41) is 0. The van der Waals surface area contributed by atoms with E-state index in [0.717, 1.165) is 12.3 Å². The molecule has 0 rings (SSSR count). The van der Waals surface area contributed by atoms with Crippen LogP contribution >= 0.6 is 0 Å². The van der Waals surface area contributed by atoms with E-state index in [1.807, 2.05) is 0 Å². The molecule has 0 aromatic carbocycles. The number of ketones is 1. The zero-order valence-electron chi connectivity index (χ0n) is 5.66. The third-order valence-corrected chi connectivity index (χ3v) is 0.828. The van der Waals surface area contributed by atoms with Gasteiger partial charge in [-0.05, 0) is 12.3 Å². The Kier molecular flexibility index (Phi) is 3.95. The monoisotopic (exact) mass is 143 g/mol. The van der Waals surface area contributed by atoms with Gasteiger partial charge in [0.2, 0.25) is 0 Å². The van der Waals surface area contributed by atoms with Gasteiger partial charge in [-0.25, -0.2) is 0 Å². The maximum absolute atomic E-state index is 10.5. The van der Waals surface area contributed by atoms with Crippen LogP contribution in [-0.4, -0.2) is 18.9 Å². The Morgan fingerprint density at radius 3 is 2.60 bits per heavy atom. The van der Waals surface area contributed by atoms with E-state index in [-0.39, 0.29) is 12.2 Å². The van der Waals surface area contributed by atoms with E-state index >= 15 is 0 Å². The molecule has 0 saturated carbocycles. The minimum Gasteiger partial charge on any atom is -0.469 e. The van der Waals surface area contributed by atoms with Gasteiger partial charge in [-0.2, -0.15) is 0 Å². The molecule has 56 valence electrons. The van der Waals surface area contributed by atoms with Crippen LogP contribution in [-0.2, 0) is 14.3 Å². The van der Waals surface area contributed by atoms with Gasteiger partial charge in [0.05, 0.1) is 7.11 Å². The highest BCUT2D eigenvalue weighted by molar-refractivity contribution is 6.01. The van der Waals surface area contributed by atoms with E-state index in [1.54, 1.807) is 0 Å². The van der Waals surface area contributed by atoms with E-state index < -0.39 is 5.97 Å². The van der Waals surface area contributed by atoms with Crippen LogP contribution in [0, 0.1) is 0 Å². The minimum absolute atomic E-state index is 0.246. The molecule has 0 aromatic rings. The molecule has 0 amide bonds. The molecule has 0 aliphatic carbocycles. The second-order valence-corrected chi connectivity index (χ2v) is 1.58. The first-order valence-corrected chi connectivity index (χ1v) is 2.68. The molecule has 2 N–H and O–H groups in total. The predicted octanol–water partition coefficient (Wildman–Crippen LogP) is -0.409. The van der Waals surface area contributed by atoms with Gasteiger partial charge >= 0.3 is 5.97 Å². The van der Waals surface area contributed by atoms with Gasteiger partial charge in [0, 0.05) is 0 Å². The first kappa shape index (κ1) is 8.68. The molecule has 0 aromatic heterocycles. The molecule has 0 aliphatic rings. The van der Waals surface area contributed by atoms with Crippen LogP contribution in [0.25, 0.3) is 0 Å². The second-order valence-electron chi connectivity index (χ2n) is 1.58. The molecule has 10 heavy (non-hydrogen) atoms. The number of carbonyl (C=O) groups excluding carboxylic acids is 2. The number of carbonyl (C=O) groups is 2. The summed E-state index contributed by atoms with van der Waals surface area (Å²) >= 11 is 0. The standard InChI is InChI=1S/C6H9NO3/c1-10-6(9)4-5(8)2-3-7/h2-3H,4,7H2,1H3/b3-2-. The van der Waals surface area contributed by atoms with E-state index in [9.17, 15) is 9.59 Å². The summed E-state index contributed by atoms with van der Waals surface area (Å²) in [6, 6.07) is 0. The van der Waals surface area contributed by atoms with Gasteiger partial charge in [-0.1, -0.05) is 0 Å². The fraction of sp³-hybridized carbons (Fsp3) is 0.333. The molecule has 0 radical (unpaired) electrons.